The molecule has 1 aliphatic carbocycles. The molecule has 0 bridgehead atoms. The SMILES string of the molecule is NC(=O)C1(c2cccc(Cl)c2)CCCC1. The third-order valence-corrected chi connectivity index (χ3v) is 3.54. The van der Waals surface area contributed by atoms with Crippen LogP contribution in [0.3, 0.4) is 0 Å². The fourth-order valence-corrected chi connectivity index (χ4v) is 2.63. The van der Waals surface area contributed by atoms with E-state index in [1.165, 1.54) is 0 Å². The zero-order chi connectivity index (χ0) is 10.9. The molecule has 1 saturated carbocycles. The highest BCUT2D eigenvalue weighted by molar-refractivity contribution is 6.30. The Kier molecular flexibility index (Phi) is 2.70. The van der Waals surface area contributed by atoms with Gasteiger partial charge in [-0.1, -0.05) is 36.6 Å². The van der Waals surface area contributed by atoms with Gasteiger partial charge in [0.05, 0.1) is 5.41 Å². The molecule has 80 valence electrons. The van der Waals surface area contributed by atoms with E-state index in [0.29, 0.717) is 5.02 Å². The second-order valence-corrected chi connectivity index (χ2v) is 4.60. The van der Waals surface area contributed by atoms with E-state index < -0.39 is 5.41 Å². The number of primary amides is 1. The summed E-state index contributed by atoms with van der Waals surface area (Å²) in [5.41, 5.74) is 6.04. The number of halogens is 1. The molecule has 2 rings (SSSR count). The minimum Gasteiger partial charge on any atom is -0.369 e. The zero-order valence-corrected chi connectivity index (χ0v) is 9.26. The molecule has 2 nitrogen and oxygen atoms in total. The summed E-state index contributed by atoms with van der Waals surface area (Å²) < 4.78 is 0. The standard InChI is InChI=1S/C12H14ClNO/c13-10-5-3-4-9(8-10)12(11(14)15)6-1-2-7-12/h3-5,8H,1-2,6-7H2,(H2,14,15). The van der Waals surface area contributed by atoms with Crippen molar-refractivity contribution < 1.29 is 4.79 Å². The van der Waals surface area contributed by atoms with Gasteiger partial charge < -0.3 is 5.73 Å². The first kappa shape index (κ1) is 10.5. The Bertz CT molecular complexity index is 383. The van der Waals surface area contributed by atoms with E-state index in [1.807, 2.05) is 24.3 Å². The molecule has 1 aromatic rings. The highest BCUT2D eigenvalue weighted by Gasteiger charge is 2.41. The normalized spacial score (nSPS) is 19.0. The molecule has 1 aliphatic rings. The van der Waals surface area contributed by atoms with Gasteiger partial charge in [-0.3, -0.25) is 4.79 Å². The van der Waals surface area contributed by atoms with Gasteiger partial charge in [0, 0.05) is 5.02 Å². The lowest BCUT2D eigenvalue weighted by atomic mass is 9.78. The largest absolute Gasteiger partial charge is 0.369 e. The molecule has 0 heterocycles. The summed E-state index contributed by atoms with van der Waals surface area (Å²) in [6.45, 7) is 0. The van der Waals surface area contributed by atoms with Crippen LogP contribution in [0.1, 0.15) is 31.2 Å². The van der Waals surface area contributed by atoms with E-state index in [1.54, 1.807) is 0 Å². The van der Waals surface area contributed by atoms with Crippen LogP contribution >= 0.6 is 11.6 Å². The third-order valence-electron chi connectivity index (χ3n) is 3.31. The van der Waals surface area contributed by atoms with Crippen molar-refractivity contribution in [1.29, 1.82) is 0 Å². The molecule has 0 aromatic heterocycles. The number of benzene rings is 1. The van der Waals surface area contributed by atoms with Gasteiger partial charge in [-0.15, -0.1) is 0 Å². The molecule has 1 aromatic carbocycles. The molecule has 1 fully saturated rings. The fraction of sp³-hybridized carbons (Fsp3) is 0.417. The van der Waals surface area contributed by atoms with Crippen molar-refractivity contribution in [3.8, 4) is 0 Å². The summed E-state index contributed by atoms with van der Waals surface area (Å²) in [6, 6.07) is 7.50. The molecule has 15 heavy (non-hydrogen) atoms. The highest BCUT2D eigenvalue weighted by atomic mass is 35.5. The molecule has 3 heteroatoms. The summed E-state index contributed by atoms with van der Waals surface area (Å²) in [6.07, 6.45) is 3.83. The van der Waals surface area contributed by atoms with E-state index in [0.717, 1.165) is 31.2 Å². The van der Waals surface area contributed by atoms with Gasteiger partial charge in [0.15, 0.2) is 0 Å². The predicted molar refractivity (Wildman–Crippen MR) is 60.8 cm³/mol. The van der Waals surface area contributed by atoms with E-state index in [9.17, 15) is 4.79 Å². The predicted octanol–water partition coefficient (Wildman–Crippen LogP) is 2.64. The maximum atomic E-state index is 11.6. The van der Waals surface area contributed by atoms with Gasteiger partial charge in [-0.05, 0) is 30.5 Å². The second kappa shape index (κ2) is 3.86. The van der Waals surface area contributed by atoms with Gasteiger partial charge in [0.25, 0.3) is 0 Å². The number of nitrogens with two attached hydrogens (primary N) is 1. The van der Waals surface area contributed by atoms with E-state index in [2.05, 4.69) is 0 Å². The Labute approximate surface area is 94.4 Å². The zero-order valence-electron chi connectivity index (χ0n) is 8.50. The maximum absolute atomic E-state index is 11.6. The number of amides is 1. The quantitative estimate of drug-likeness (QED) is 0.823. The Hall–Kier alpha value is -1.02. The molecular formula is C12H14ClNO. The molecule has 0 unspecified atom stereocenters. The Morgan fingerprint density at radius 2 is 2.00 bits per heavy atom. The number of carbonyl (C=O) groups excluding carboxylic acids is 1. The molecule has 0 radical (unpaired) electrons. The number of hydrogen-bond acceptors (Lipinski definition) is 1. The van der Waals surface area contributed by atoms with Crippen LogP contribution in [-0.4, -0.2) is 5.91 Å². The molecular weight excluding hydrogens is 210 g/mol. The van der Waals surface area contributed by atoms with Crippen LogP contribution in [0, 0.1) is 0 Å². The van der Waals surface area contributed by atoms with Crippen LogP contribution in [0.2, 0.25) is 5.02 Å². The van der Waals surface area contributed by atoms with Gasteiger partial charge in [0.1, 0.15) is 0 Å². The lowest BCUT2D eigenvalue weighted by molar-refractivity contribution is -0.123. The van der Waals surface area contributed by atoms with Crippen LogP contribution in [0.4, 0.5) is 0 Å². The van der Waals surface area contributed by atoms with E-state index in [4.69, 9.17) is 17.3 Å². The molecule has 0 aliphatic heterocycles. The maximum Gasteiger partial charge on any atom is 0.228 e. The average Bonchev–Trinajstić information content (AvgIpc) is 2.67. The molecule has 0 saturated heterocycles. The van der Waals surface area contributed by atoms with Crippen molar-refractivity contribution in [3.63, 3.8) is 0 Å². The topological polar surface area (TPSA) is 43.1 Å². The summed E-state index contributed by atoms with van der Waals surface area (Å²) in [4.78, 5) is 11.6. The van der Waals surface area contributed by atoms with Crippen molar-refractivity contribution in [3.05, 3.63) is 34.9 Å². The number of carbonyl (C=O) groups is 1. The Balaban J connectivity index is 2.45. The first-order valence-corrected chi connectivity index (χ1v) is 5.59. The second-order valence-electron chi connectivity index (χ2n) is 4.16. The minimum atomic E-state index is -0.467. The molecule has 2 N–H and O–H groups in total. The average molecular weight is 224 g/mol. The van der Waals surface area contributed by atoms with Gasteiger partial charge in [-0.2, -0.15) is 0 Å². The third kappa shape index (κ3) is 1.74. The number of hydrogen-bond donors (Lipinski definition) is 1. The van der Waals surface area contributed by atoms with E-state index >= 15 is 0 Å². The smallest absolute Gasteiger partial charge is 0.228 e. The Morgan fingerprint density at radius 1 is 1.33 bits per heavy atom. The van der Waals surface area contributed by atoms with Crippen molar-refractivity contribution >= 4 is 17.5 Å². The summed E-state index contributed by atoms with van der Waals surface area (Å²) in [5.74, 6) is -0.220. The van der Waals surface area contributed by atoms with Crippen LogP contribution in [0.15, 0.2) is 24.3 Å². The first-order chi connectivity index (χ1) is 7.15. The molecule has 0 spiro atoms. The van der Waals surface area contributed by atoms with Gasteiger partial charge in [0.2, 0.25) is 5.91 Å². The van der Waals surface area contributed by atoms with Crippen LogP contribution in [0.25, 0.3) is 0 Å². The van der Waals surface area contributed by atoms with Gasteiger partial charge in [-0.25, -0.2) is 0 Å². The van der Waals surface area contributed by atoms with Crippen LogP contribution < -0.4 is 5.73 Å². The van der Waals surface area contributed by atoms with Crippen molar-refractivity contribution in [1.82, 2.24) is 0 Å². The lowest BCUT2D eigenvalue weighted by Gasteiger charge is -2.25. The molecule has 1 amide bonds. The van der Waals surface area contributed by atoms with Crippen LogP contribution in [0.5, 0.6) is 0 Å². The van der Waals surface area contributed by atoms with Crippen molar-refractivity contribution in [2.45, 2.75) is 31.1 Å². The first-order valence-electron chi connectivity index (χ1n) is 5.21. The monoisotopic (exact) mass is 223 g/mol. The number of rotatable bonds is 2. The summed E-state index contributed by atoms with van der Waals surface area (Å²) in [7, 11) is 0. The highest BCUT2D eigenvalue weighted by Crippen LogP contribution is 2.41. The fourth-order valence-electron chi connectivity index (χ4n) is 2.44. The van der Waals surface area contributed by atoms with Crippen LogP contribution in [-0.2, 0) is 10.2 Å². The summed E-state index contributed by atoms with van der Waals surface area (Å²) >= 11 is 5.94. The summed E-state index contributed by atoms with van der Waals surface area (Å²) in [5, 5.41) is 0.667. The Morgan fingerprint density at radius 3 is 2.53 bits per heavy atom. The van der Waals surface area contributed by atoms with Crippen molar-refractivity contribution in [2.75, 3.05) is 0 Å². The van der Waals surface area contributed by atoms with E-state index in [-0.39, 0.29) is 5.91 Å². The lowest BCUT2D eigenvalue weighted by Crippen LogP contribution is -2.38. The van der Waals surface area contributed by atoms with Crippen molar-refractivity contribution in [2.24, 2.45) is 5.73 Å². The minimum absolute atomic E-state index is 0.220. The van der Waals surface area contributed by atoms with Gasteiger partial charge >= 0.3 is 0 Å². The molecule has 0 atom stereocenters.